The minimum Gasteiger partial charge on any atom is -0.383 e. The van der Waals surface area contributed by atoms with Crippen molar-refractivity contribution in [1.82, 2.24) is 86.8 Å². The number of fused-ring (bicyclic) bond motifs is 2. The predicted molar refractivity (Wildman–Crippen MR) is 522 cm³/mol. The molecule has 0 bridgehead atoms. The monoisotopic (exact) mass is 2290 g/mol. The molecule has 7 unspecified atom stereocenters. The van der Waals surface area contributed by atoms with Crippen LogP contribution >= 0.6 is 47.0 Å². The van der Waals surface area contributed by atoms with Gasteiger partial charge in [0.05, 0.1) is 101 Å². The first-order valence-corrected chi connectivity index (χ1v) is 61.1. The summed E-state index contributed by atoms with van der Waals surface area (Å²) in [5.41, 5.74) is 11.0. The van der Waals surface area contributed by atoms with Gasteiger partial charge in [-0.1, -0.05) is 0 Å². The van der Waals surface area contributed by atoms with E-state index in [1.165, 1.54) is 80.5 Å². The molecule has 16 rings (SSSR count). The van der Waals surface area contributed by atoms with Gasteiger partial charge in [-0.2, -0.15) is 9.97 Å². The number of H-pyrrole nitrogens is 5. The Balaban J connectivity index is 0.609. The minimum atomic E-state index is -4.75. The van der Waals surface area contributed by atoms with E-state index in [1.807, 2.05) is 0 Å². The van der Waals surface area contributed by atoms with Crippen LogP contribution in [-0.4, -0.2) is 253 Å². The summed E-state index contributed by atoms with van der Waals surface area (Å²) < 4.78 is 135. The summed E-state index contributed by atoms with van der Waals surface area (Å²) in [6, 6.07) is 0. The summed E-state index contributed by atoms with van der Waals surface area (Å²) in [6.45, 7) is -27.5. The summed E-state index contributed by atoms with van der Waals surface area (Å²) in [5.74, 6) is -0.455. The fourth-order valence-electron chi connectivity index (χ4n) is 16.5. The maximum Gasteiger partial charge on any atom is 0.351 e. The molecule has 0 aromatic carbocycles. The van der Waals surface area contributed by atoms with E-state index < -0.39 is 278 Å². The van der Waals surface area contributed by atoms with Crippen LogP contribution in [0.3, 0.4) is 0 Å². The smallest absolute Gasteiger partial charge is 0.351 e. The molecule has 9 aromatic rings. The SMILES string of the molecule is COP(O)(=S)O[C@@H]1C[C@H](n2cc(C)c(=O)[nH]c2=O)O[C@@H]1COP(O)(=S)O[C@@H]1C[C@H](n2cc(C)c(=O)[nH]c2=O)O[C@@H]1COP(O)(=S)O[C@@H]1C[C@H](n2cc(C)c(N)nc2=O)O[C@@H]1COP(O)(=S)O[C@@H]1C[C@H](n2cnc3c(N)ncnc32)O[C@@H]1COP(O)(=S)O[C@@H]1C[C@H](n2cc(C)c(=O)[nH]c2=O)O[C@@H]1COP(O)(=S)O[C@@H]1C[C@H](n2cnc3c(=O)[nH]c(N)nc32)O[C@@H]1COP(O)(=S)O[C@@H]1C[C@H](n2cc(C)c(=O)[nH]c2=O)O[C@@H]1C. The van der Waals surface area contributed by atoms with Crippen LogP contribution in [0.2, 0.25) is 0 Å². The average Bonchev–Trinajstić information content (AvgIpc) is 1.61. The van der Waals surface area contributed by atoms with E-state index in [9.17, 15) is 82.2 Å². The molecule has 0 saturated carbocycles. The van der Waals surface area contributed by atoms with Crippen molar-refractivity contribution in [2.24, 2.45) is 0 Å². The number of anilines is 3. The lowest BCUT2D eigenvalue weighted by Gasteiger charge is -2.29. The van der Waals surface area contributed by atoms with E-state index >= 15 is 0 Å². The van der Waals surface area contributed by atoms with Gasteiger partial charge < -0.3 is 148 Å². The Hall–Kier alpha value is -6.67. The number of hydrogen-bond donors (Lipinski definition) is 15. The lowest BCUT2D eigenvalue weighted by Crippen LogP contribution is -2.33. The molecule has 18 N–H and O–H groups in total. The zero-order valence-corrected chi connectivity index (χ0v) is 87.7. The van der Waals surface area contributed by atoms with Crippen LogP contribution in [0.1, 0.15) is 123 Å². The van der Waals surface area contributed by atoms with E-state index in [0.29, 0.717) is 5.56 Å². The van der Waals surface area contributed by atoms with Crippen molar-refractivity contribution in [2.45, 2.75) is 216 Å². The number of ether oxygens (including phenoxy) is 7. The normalized spacial score (nSPS) is 29.7. The van der Waals surface area contributed by atoms with Crippen LogP contribution in [0.5, 0.6) is 0 Å². The molecule has 0 aliphatic carbocycles. The third kappa shape index (κ3) is 25.9. The molecule has 7 aliphatic rings. The van der Waals surface area contributed by atoms with Crippen molar-refractivity contribution in [1.29, 1.82) is 0 Å². The summed E-state index contributed by atoms with van der Waals surface area (Å²) in [6.07, 6.45) is -19.4. The number of aromatic amines is 5. The standard InChI is InChI=1S/C71H94N21O38P7S7/c1-29-15-86(67(98)79-57(29)72)49-10-37(126-134(106,141)113-22-44-38(11-51(120-44)89-18-32(4)63(95)84-70(89)101)127-133(105,140)112-20-42-36(125-131(103,138)110-7)9-50(118-42)88-17-31(3)62(94)83-69(88)100)43(119-49)21-114-136(108,143)129-40-13-53(91-27-77-55-58(73)75-26-76-59(55)91)122-46(40)25-116-135(107,142)128-39-12-52(90-19-33(5)64(96)85-71(90)102)121-45(39)23-115-137(109,144)130-41-14-54(92-28-78-56-60(92)80-66(74)81-65(56)97)123-47(41)24-111-132(104,139)124-35-8-48(117-34(35)6)87-16-30(2)61(93)82-68(87)99/h15-19,26-28,34-54H,8-14,20-25H2,1-7H3,(H,103,138)(H,104,139)(H,105,140)(H,106,141)(H,107,142)(H,108,143)(H,109,144)(H2,72,79,98)(H2,73,75,76)(H,82,93,99)(H,83,94,100)(H,84,95,101)(H,85,96,102)(H3,74,80,81,97)/t34-,35-,36-,37-,38-,39-,40-,41-,42-,43-,44-,45-,46-,47-,48-,49-,50-,51-,52-,53-,54-,131?,132?,133?,134?,135?,136?,137?/m1/s1. The number of nitrogens with two attached hydrogens (primary N) is 3. The van der Waals surface area contributed by atoms with E-state index in [2.05, 4.69) is 54.8 Å². The molecule has 144 heavy (non-hydrogen) atoms. The molecule has 7 saturated heterocycles. The highest BCUT2D eigenvalue weighted by molar-refractivity contribution is 8.09. The number of nitrogens with one attached hydrogen (secondary N) is 5. The van der Waals surface area contributed by atoms with Crippen molar-refractivity contribution in [3.8, 4) is 0 Å². The van der Waals surface area contributed by atoms with Crippen molar-refractivity contribution in [3.63, 3.8) is 0 Å². The molecule has 0 amide bonds. The second kappa shape index (κ2) is 44.0. The first-order chi connectivity index (χ1) is 67.6. The molecular weight excluding hydrogens is 2200 g/mol. The summed E-state index contributed by atoms with van der Waals surface area (Å²) in [4.78, 5) is 249. The van der Waals surface area contributed by atoms with E-state index in [0.717, 1.165) is 36.3 Å². The predicted octanol–water partition coefficient (Wildman–Crippen LogP) is -0.302. The Morgan fingerprint density at radius 1 is 0.340 bits per heavy atom. The highest BCUT2D eigenvalue weighted by Gasteiger charge is 2.52. The quantitative estimate of drug-likeness (QED) is 0.0219. The van der Waals surface area contributed by atoms with Gasteiger partial charge in [0.15, 0.2) is 22.6 Å². The fourth-order valence-corrected chi connectivity index (χ4v) is 26.4. The molecule has 788 valence electrons. The number of aromatic nitrogens is 18. The van der Waals surface area contributed by atoms with Crippen molar-refractivity contribution < 1.29 is 131 Å². The Morgan fingerprint density at radius 2 is 0.618 bits per heavy atom. The second-order valence-corrected chi connectivity index (χ2v) is 53.4. The van der Waals surface area contributed by atoms with Gasteiger partial charge in [-0.05, 0) is 124 Å². The molecule has 28 atom stereocenters. The molecule has 59 nitrogen and oxygen atoms in total. The number of hydrogen-bond acceptors (Lipinski definition) is 47. The fraction of sp³-hybridized carbons (Fsp3) is 0.577. The first-order valence-electron chi connectivity index (χ1n) is 43.0. The Kier molecular flexibility index (Phi) is 33.6. The van der Waals surface area contributed by atoms with Crippen LogP contribution in [0, 0.1) is 34.6 Å². The first kappa shape index (κ1) is 110. The molecule has 0 radical (unpaired) electrons. The highest BCUT2D eigenvalue weighted by Crippen LogP contribution is 2.59. The van der Waals surface area contributed by atoms with Gasteiger partial charge in [0, 0.05) is 111 Å². The molecule has 7 fully saturated rings. The van der Waals surface area contributed by atoms with Gasteiger partial charge in [-0.25, -0.2) is 43.9 Å². The highest BCUT2D eigenvalue weighted by atomic mass is 32.5. The minimum absolute atomic E-state index is 0.0306. The maximum absolute atomic E-state index is 13.6. The van der Waals surface area contributed by atoms with Gasteiger partial charge in [0.2, 0.25) is 5.95 Å². The van der Waals surface area contributed by atoms with Crippen molar-refractivity contribution >= 4 is 170 Å². The average molecular weight is 2290 g/mol. The van der Waals surface area contributed by atoms with Crippen LogP contribution in [-0.2, 0) is 179 Å². The third-order valence-corrected chi connectivity index (χ3v) is 34.9. The largest absolute Gasteiger partial charge is 0.383 e. The molecular formula is C71H94N21O38P7S7. The number of imidazole rings is 2. The summed E-state index contributed by atoms with van der Waals surface area (Å²) in [5, 5.41) is 0. The number of nitrogens with zero attached hydrogens (tertiary/aromatic N) is 13. The zero-order chi connectivity index (χ0) is 104. The summed E-state index contributed by atoms with van der Waals surface area (Å²) in [7, 11) is 1.09. The maximum atomic E-state index is 13.6. The lowest BCUT2D eigenvalue weighted by molar-refractivity contribution is -0.0576. The van der Waals surface area contributed by atoms with Gasteiger partial charge in [0.1, 0.15) is 97.9 Å². The third-order valence-electron chi connectivity index (χ3n) is 23.7. The van der Waals surface area contributed by atoms with E-state index in [-0.39, 0.29) is 101 Å². The van der Waals surface area contributed by atoms with Crippen LogP contribution in [0.4, 0.5) is 17.6 Å². The topological polar surface area (TPSA) is 775 Å². The number of aryl methyl sites for hydroxylation is 5. The number of rotatable bonds is 40. The van der Waals surface area contributed by atoms with Crippen molar-refractivity contribution in [3.05, 3.63) is 182 Å². The molecule has 9 aromatic heterocycles. The van der Waals surface area contributed by atoms with Gasteiger partial charge in [-0.15, -0.1) is 0 Å². The second-order valence-electron chi connectivity index (χ2n) is 33.7. The molecule has 16 heterocycles. The molecule has 0 spiro atoms. The summed E-state index contributed by atoms with van der Waals surface area (Å²) >= 11 is 38.8. The zero-order valence-electron chi connectivity index (χ0n) is 75.8. The van der Waals surface area contributed by atoms with E-state index in [1.54, 1.807) is 13.8 Å². The van der Waals surface area contributed by atoms with Gasteiger partial charge in [-0.3, -0.25) is 80.9 Å². The van der Waals surface area contributed by atoms with Crippen LogP contribution in [0.25, 0.3) is 22.3 Å². The number of nitrogen functional groups attached to an aromatic ring is 3. The Bertz CT molecular complexity index is 7440. The van der Waals surface area contributed by atoms with Crippen molar-refractivity contribution in [2.75, 3.05) is 64.0 Å². The van der Waals surface area contributed by atoms with E-state index in [4.69, 9.17) is 196 Å². The Morgan fingerprint density at radius 3 is 0.951 bits per heavy atom. The van der Waals surface area contributed by atoms with Gasteiger partial charge in [0.25, 0.3) is 27.8 Å². The van der Waals surface area contributed by atoms with Crippen LogP contribution in [0.15, 0.2) is 97.9 Å². The Labute approximate surface area is 843 Å². The lowest BCUT2D eigenvalue weighted by atomic mass is 10.2. The molecule has 7 aliphatic heterocycles. The van der Waals surface area contributed by atoms with Gasteiger partial charge >= 0.3 is 75.5 Å². The molecule has 73 heteroatoms. The van der Waals surface area contributed by atoms with Crippen LogP contribution < -0.4 is 73.4 Å².